The third kappa shape index (κ3) is 4.83. The van der Waals surface area contributed by atoms with Gasteiger partial charge in [-0.2, -0.15) is 0 Å². The number of non-ortho nitro benzene ring substituents is 1. The van der Waals surface area contributed by atoms with Gasteiger partial charge in [-0.15, -0.1) is 0 Å². The van der Waals surface area contributed by atoms with Gasteiger partial charge in [-0.25, -0.2) is 4.79 Å². The Morgan fingerprint density at radius 3 is 2.31 bits per heavy atom. The zero-order valence-electron chi connectivity index (χ0n) is 16.7. The summed E-state index contributed by atoms with van der Waals surface area (Å²) in [5, 5.41) is 13.9. The van der Waals surface area contributed by atoms with Crippen molar-refractivity contribution >= 4 is 17.2 Å². The topological polar surface area (TPSA) is 106 Å². The molecule has 2 aromatic rings. The van der Waals surface area contributed by atoms with Crippen molar-refractivity contribution < 1.29 is 4.92 Å². The standard InChI is InChI=1S/C19H26N6O4/c1-21-17(14-18(26)22(2)19(21)27)20-8-3-9-23-10-12-24(13-11-23)15-4-6-16(7-5-15)25(28)29/h4-7,14,20H,3,8-13H2,1-2H3. The fraction of sp³-hybridized carbons (Fsp3) is 0.474. The first-order chi connectivity index (χ1) is 13.9. The second-order valence-corrected chi connectivity index (χ2v) is 7.15. The van der Waals surface area contributed by atoms with Gasteiger partial charge in [0.05, 0.1) is 4.92 Å². The van der Waals surface area contributed by atoms with Crippen LogP contribution < -0.4 is 21.5 Å². The number of piperazine rings is 1. The van der Waals surface area contributed by atoms with E-state index in [1.165, 1.54) is 29.8 Å². The zero-order valence-corrected chi connectivity index (χ0v) is 16.7. The molecule has 1 aliphatic heterocycles. The van der Waals surface area contributed by atoms with E-state index in [4.69, 9.17) is 0 Å². The lowest BCUT2D eigenvalue weighted by molar-refractivity contribution is -0.384. The lowest BCUT2D eigenvalue weighted by atomic mass is 10.2. The van der Waals surface area contributed by atoms with Crippen LogP contribution in [0.4, 0.5) is 17.2 Å². The van der Waals surface area contributed by atoms with E-state index in [9.17, 15) is 19.7 Å². The van der Waals surface area contributed by atoms with Gasteiger partial charge in [-0.3, -0.25) is 28.9 Å². The Kier molecular flexibility index (Phi) is 6.32. The molecule has 0 unspecified atom stereocenters. The number of nitro benzene ring substituents is 1. The number of anilines is 2. The molecule has 10 heteroatoms. The van der Waals surface area contributed by atoms with Gasteiger partial charge in [-0.05, 0) is 25.1 Å². The number of rotatable bonds is 7. The number of benzene rings is 1. The molecule has 1 aromatic heterocycles. The van der Waals surface area contributed by atoms with Crippen molar-refractivity contribution in [2.24, 2.45) is 14.1 Å². The van der Waals surface area contributed by atoms with Crippen molar-refractivity contribution in [3.8, 4) is 0 Å². The Hall–Kier alpha value is -3.14. The van der Waals surface area contributed by atoms with Gasteiger partial charge in [0.25, 0.3) is 11.2 Å². The average molecular weight is 402 g/mol. The molecule has 3 rings (SSSR count). The Balaban J connectivity index is 1.43. The molecule has 1 aliphatic rings. The van der Waals surface area contributed by atoms with Crippen LogP contribution in [-0.2, 0) is 14.1 Å². The smallest absolute Gasteiger partial charge is 0.332 e. The maximum atomic E-state index is 11.9. The summed E-state index contributed by atoms with van der Waals surface area (Å²) in [6, 6.07) is 8.11. The Morgan fingerprint density at radius 2 is 1.69 bits per heavy atom. The molecule has 0 aliphatic carbocycles. The summed E-state index contributed by atoms with van der Waals surface area (Å²) in [4.78, 5) is 38.7. The lowest BCUT2D eigenvalue weighted by Crippen LogP contribution is -2.46. The number of nitrogens with zero attached hydrogens (tertiary/aromatic N) is 5. The van der Waals surface area contributed by atoms with Gasteiger partial charge >= 0.3 is 5.69 Å². The van der Waals surface area contributed by atoms with Crippen molar-refractivity contribution in [1.29, 1.82) is 0 Å². The van der Waals surface area contributed by atoms with E-state index in [2.05, 4.69) is 15.1 Å². The Bertz CT molecular complexity index is 974. The predicted molar refractivity (Wildman–Crippen MR) is 112 cm³/mol. The maximum Gasteiger partial charge on any atom is 0.332 e. The van der Waals surface area contributed by atoms with Crippen LogP contribution in [0.2, 0.25) is 0 Å². The monoisotopic (exact) mass is 402 g/mol. The molecular weight excluding hydrogens is 376 g/mol. The van der Waals surface area contributed by atoms with Crippen LogP contribution in [0.25, 0.3) is 0 Å². The summed E-state index contributed by atoms with van der Waals surface area (Å²) in [6.45, 7) is 5.16. The summed E-state index contributed by atoms with van der Waals surface area (Å²) < 4.78 is 2.51. The number of nitro groups is 1. The van der Waals surface area contributed by atoms with E-state index in [1.54, 1.807) is 19.2 Å². The Morgan fingerprint density at radius 1 is 1.03 bits per heavy atom. The van der Waals surface area contributed by atoms with Crippen molar-refractivity contribution in [2.45, 2.75) is 6.42 Å². The third-order valence-electron chi connectivity index (χ3n) is 5.28. The largest absolute Gasteiger partial charge is 0.371 e. The van der Waals surface area contributed by atoms with Crippen LogP contribution in [-0.4, -0.2) is 58.2 Å². The quantitative estimate of drug-likeness (QED) is 0.411. The molecule has 1 saturated heterocycles. The highest BCUT2D eigenvalue weighted by atomic mass is 16.6. The minimum Gasteiger partial charge on any atom is -0.371 e. The van der Waals surface area contributed by atoms with Crippen molar-refractivity contribution in [2.75, 3.05) is 49.5 Å². The molecule has 0 radical (unpaired) electrons. The molecule has 156 valence electrons. The molecule has 0 atom stereocenters. The van der Waals surface area contributed by atoms with Crippen molar-refractivity contribution in [3.05, 3.63) is 61.3 Å². The molecule has 1 N–H and O–H groups in total. The molecule has 1 fully saturated rings. The number of aromatic nitrogens is 2. The highest BCUT2D eigenvalue weighted by molar-refractivity contribution is 5.51. The van der Waals surface area contributed by atoms with Gasteiger partial charge in [-0.1, -0.05) is 0 Å². The second-order valence-electron chi connectivity index (χ2n) is 7.15. The molecule has 0 saturated carbocycles. The van der Waals surface area contributed by atoms with Crippen LogP contribution in [0, 0.1) is 10.1 Å². The molecular formula is C19H26N6O4. The molecule has 0 bridgehead atoms. The van der Waals surface area contributed by atoms with Crippen LogP contribution in [0.3, 0.4) is 0 Å². The first kappa shape index (κ1) is 20.6. The molecule has 1 aromatic carbocycles. The summed E-state index contributed by atoms with van der Waals surface area (Å²) in [6.07, 6.45) is 0.890. The van der Waals surface area contributed by atoms with Gasteiger partial charge in [0.2, 0.25) is 0 Å². The summed E-state index contributed by atoms with van der Waals surface area (Å²) in [5.41, 5.74) is 0.442. The lowest BCUT2D eigenvalue weighted by Gasteiger charge is -2.36. The van der Waals surface area contributed by atoms with Crippen molar-refractivity contribution in [1.82, 2.24) is 14.0 Å². The van der Waals surface area contributed by atoms with E-state index in [0.717, 1.165) is 49.4 Å². The maximum absolute atomic E-state index is 11.9. The van der Waals surface area contributed by atoms with Crippen molar-refractivity contribution in [3.63, 3.8) is 0 Å². The zero-order chi connectivity index (χ0) is 21.0. The van der Waals surface area contributed by atoms with E-state index in [1.807, 2.05) is 0 Å². The van der Waals surface area contributed by atoms with E-state index >= 15 is 0 Å². The van der Waals surface area contributed by atoms with Gasteiger partial charge in [0.1, 0.15) is 5.82 Å². The van der Waals surface area contributed by atoms with Crippen LogP contribution in [0.1, 0.15) is 6.42 Å². The fourth-order valence-corrected chi connectivity index (χ4v) is 3.44. The second kappa shape index (κ2) is 8.91. The predicted octanol–water partition coefficient (Wildman–Crippen LogP) is 0.616. The molecule has 2 heterocycles. The van der Waals surface area contributed by atoms with Crippen LogP contribution in [0.5, 0.6) is 0 Å². The molecule has 29 heavy (non-hydrogen) atoms. The summed E-state index contributed by atoms with van der Waals surface area (Å²) >= 11 is 0. The van der Waals surface area contributed by atoms with E-state index in [-0.39, 0.29) is 21.9 Å². The molecule has 0 spiro atoms. The minimum absolute atomic E-state index is 0.105. The highest BCUT2D eigenvalue weighted by Crippen LogP contribution is 2.20. The van der Waals surface area contributed by atoms with Gasteiger partial charge in [0, 0.05) is 70.7 Å². The number of hydrogen-bond donors (Lipinski definition) is 1. The first-order valence-electron chi connectivity index (χ1n) is 9.59. The summed E-state index contributed by atoms with van der Waals surface area (Å²) in [7, 11) is 3.10. The Labute approximate surface area is 168 Å². The minimum atomic E-state index is -0.388. The van der Waals surface area contributed by atoms with E-state index in [0.29, 0.717) is 12.4 Å². The van der Waals surface area contributed by atoms with Gasteiger partial charge in [0.15, 0.2) is 0 Å². The highest BCUT2D eigenvalue weighted by Gasteiger charge is 2.17. The van der Waals surface area contributed by atoms with Gasteiger partial charge < -0.3 is 10.2 Å². The first-order valence-corrected chi connectivity index (χ1v) is 9.59. The van der Waals surface area contributed by atoms with Crippen LogP contribution >= 0.6 is 0 Å². The molecule has 10 nitrogen and oxygen atoms in total. The van der Waals surface area contributed by atoms with E-state index < -0.39 is 0 Å². The van der Waals surface area contributed by atoms with Crippen LogP contribution in [0.15, 0.2) is 39.9 Å². The molecule has 0 amide bonds. The normalized spacial score (nSPS) is 14.8. The number of hydrogen-bond acceptors (Lipinski definition) is 7. The third-order valence-corrected chi connectivity index (χ3v) is 5.28. The SMILES string of the molecule is Cn1c(NCCCN2CCN(c3ccc([N+](=O)[O-])cc3)CC2)cc(=O)n(C)c1=O. The average Bonchev–Trinajstić information content (AvgIpc) is 2.73. The summed E-state index contributed by atoms with van der Waals surface area (Å²) in [5.74, 6) is 0.529. The number of nitrogens with one attached hydrogen (secondary N) is 1. The fourth-order valence-electron chi connectivity index (χ4n) is 3.44.